The van der Waals surface area contributed by atoms with Crippen molar-refractivity contribution >= 4 is 11.6 Å². The molecule has 6 atom stereocenters. The SMILES string of the molecule is CC[C@H]1CC(=O)[C@@]2(C)CC[C@H]3[C@@H](CCC4=CC(=O)CC[C@@]43CO)[C@H]12. The predicted octanol–water partition coefficient (Wildman–Crippen LogP) is 3.70. The molecule has 4 aliphatic rings. The Kier molecular flexibility index (Phi) is 3.80. The number of aliphatic hydroxyl groups excluding tert-OH is 1. The van der Waals surface area contributed by atoms with Gasteiger partial charge in [-0.15, -0.1) is 0 Å². The number of fused-ring (bicyclic) bond motifs is 5. The molecule has 3 fully saturated rings. The lowest BCUT2D eigenvalue weighted by molar-refractivity contribution is -0.134. The molecule has 0 unspecified atom stereocenters. The van der Waals surface area contributed by atoms with Crippen molar-refractivity contribution in [1.29, 1.82) is 0 Å². The van der Waals surface area contributed by atoms with Crippen molar-refractivity contribution in [3.05, 3.63) is 11.6 Å². The summed E-state index contributed by atoms with van der Waals surface area (Å²) in [4.78, 5) is 24.7. The first-order valence-electron chi connectivity index (χ1n) is 9.84. The van der Waals surface area contributed by atoms with E-state index < -0.39 is 0 Å². The Morgan fingerprint density at radius 1 is 1.21 bits per heavy atom. The highest BCUT2D eigenvalue weighted by Crippen LogP contribution is 2.65. The zero-order valence-electron chi connectivity index (χ0n) is 15.0. The van der Waals surface area contributed by atoms with Crippen LogP contribution in [0.2, 0.25) is 0 Å². The van der Waals surface area contributed by atoms with Gasteiger partial charge in [-0.1, -0.05) is 25.8 Å². The van der Waals surface area contributed by atoms with Crippen LogP contribution in [-0.4, -0.2) is 23.3 Å². The molecule has 24 heavy (non-hydrogen) atoms. The number of Topliss-reactive ketones (excluding diaryl/α,β-unsaturated/α-hetero) is 1. The van der Waals surface area contributed by atoms with Crippen LogP contribution in [0.5, 0.6) is 0 Å². The van der Waals surface area contributed by atoms with Gasteiger partial charge < -0.3 is 5.11 Å². The molecule has 1 N–H and O–H groups in total. The standard InChI is InChI=1S/C21H30O3/c1-3-13-10-18(24)20(2)8-7-17-16(19(13)20)5-4-14-11-15(23)6-9-21(14,17)12-22/h11,13,16-17,19,22H,3-10,12H2,1-2H3/t13-,16+,17-,19-,20+,21+/m0/s1. The van der Waals surface area contributed by atoms with E-state index >= 15 is 0 Å². The van der Waals surface area contributed by atoms with Gasteiger partial charge >= 0.3 is 0 Å². The van der Waals surface area contributed by atoms with Crippen molar-refractivity contribution in [3.63, 3.8) is 0 Å². The molecule has 0 saturated heterocycles. The minimum Gasteiger partial charge on any atom is -0.395 e. The van der Waals surface area contributed by atoms with Crippen LogP contribution in [0.4, 0.5) is 0 Å². The second kappa shape index (κ2) is 5.52. The van der Waals surface area contributed by atoms with Crippen LogP contribution in [-0.2, 0) is 9.59 Å². The highest BCUT2D eigenvalue weighted by Gasteiger charge is 2.62. The lowest BCUT2D eigenvalue weighted by Crippen LogP contribution is -2.53. The molecule has 0 aromatic carbocycles. The molecule has 0 aliphatic heterocycles. The molecule has 0 aromatic rings. The van der Waals surface area contributed by atoms with Crippen molar-refractivity contribution < 1.29 is 14.7 Å². The molecule has 0 heterocycles. The molecular weight excluding hydrogens is 300 g/mol. The Hall–Kier alpha value is -0.960. The van der Waals surface area contributed by atoms with Gasteiger partial charge in [0.25, 0.3) is 0 Å². The maximum atomic E-state index is 12.7. The normalized spacial score (nSPS) is 47.7. The number of carbonyl (C=O) groups excluding carboxylic acids is 2. The van der Waals surface area contributed by atoms with Gasteiger partial charge in [-0.3, -0.25) is 9.59 Å². The minimum atomic E-state index is -0.178. The van der Waals surface area contributed by atoms with Gasteiger partial charge in [0.05, 0.1) is 6.61 Å². The van der Waals surface area contributed by atoms with Crippen LogP contribution >= 0.6 is 0 Å². The van der Waals surface area contributed by atoms with E-state index in [1.54, 1.807) is 0 Å². The first kappa shape index (κ1) is 16.5. The molecule has 4 rings (SSSR count). The summed E-state index contributed by atoms with van der Waals surface area (Å²) >= 11 is 0. The Labute approximate surface area is 144 Å². The molecule has 0 amide bonds. The summed E-state index contributed by atoms with van der Waals surface area (Å²) in [5.41, 5.74) is 0.898. The fourth-order valence-corrected chi connectivity index (χ4v) is 7.10. The highest BCUT2D eigenvalue weighted by molar-refractivity contribution is 5.92. The van der Waals surface area contributed by atoms with Crippen molar-refractivity contribution in [2.24, 2.45) is 34.5 Å². The third-order valence-electron chi connectivity index (χ3n) is 8.34. The number of rotatable bonds is 2. The molecular formula is C21H30O3. The van der Waals surface area contributed by atoms with E-state index in [1.807, 2.05) is 6.08 Å². The molecule has 132 valence electrons. The topological polar surface area (TPSA) is 54.4 Å². The van der Waals surface area contributed by atoms with Gasteiger partial charge in [-0.25, -0.2) is 0 Å². The van der Waals surface area contributed by atoms with Gasteiger partial charge in [-0.05, 0) is 61.9 Å². The molecule has 0 spiro atoms. The molecule has 3 saturated carbocycles. The van der Waals surface area contributed by atoms with Crippen molar-refractivity contribution in [3.8, 4) is 0 Å². The first-order valence-corrected chi connectivity index (χ1v) is 9.84. The minimum absolute atomic E-state index is 0.135. The molecule has 0 aromatic heterocycles. The van der Waals surface area contributed by atoms with Gasteiger partial charge in [0.2, 0.25) is 0 Å². The van der Waals surface area contributed by atoms with E-state index in [1.165, 1.54) is 5.57 Å². The van der Waals surface area contributed by atoms with Gasteiger partial charge in [0.1, 0.15) is 5.78 Å². The van der Waals surface area contributed by atoms with Gasteiger partial charge in [-0.2, -0.15) is 0 Å². The maximum Gasteiger partial charge on any atom is 0.155 e. The highest BCUT2D eigenvalue weighted by atomic mass is 16.3. The fourth-order valence-electron chi connectivity index (χ4n) is 7.10. The third kappa shape index (κ3) is 2.00. The van der Waals surface area contributed by atoms with Crippen LogP contribution in [0.25, 0.3) is 0 Å². The summed E-state index contributed by atoms with van der Waals surface area (Å²) < 4.78 is 0. The van der Waals surface area contributed by atoms with Gasteiger partial charge in [0.15, 0.2) is 5.78 Å². The van der Waals surface area contributed by atoms with Crippen LogP contribution in [0.1, 0.15) is 65.2 Å². The zero-order valence-corrected chi connectivity index (χ0v) is 15.0. The van der Waals surface area contributed by atoms with Crippen LogP contribution in [0, 0.1) is 34.5 Å². The number of aliphatic hydroxyl groups is 1. The summed E-state index contributed by atoms with van der Waals surface area (Å²) in [5.74, 6) is 2.70. The Balaban J connectivity index is 1.75. The Morgan fingerprint density at radius 3 is 2.71 bits per heavy atom. The Bertz CT molecular complexity index is 606. The van der Waals surface area contributed by atoms with E-state index in [0.717, 1.165) is 44.9 Å². The lowest BCUT2D eigenvalue weighted by atomic mass is 9.46. The van der Waals surface area contributed by atoms with E-state index in [2.05, 4.69) is 13.8 Å². The van der Waals surface area contributed by atoms with E-state index in [4.69, 9.17) is 0 Å². The van der Waals surface area contributed by atoms with Crippen molar-refractivity contribution in [2.75, 3.05) is 6.61 Å². The number of hydrogen-bond acceptors (Lipinski definition) is 3. The van der Waals surface area contributed by atoms with Crippen molar-refractivity contribution in [2.45, 2.75) is 65.2 Å². The number of carbonyl (C=O) groups is 2. The summed E-state index contributed by atoms with van der Waals surface area (Å²) in [6, 6.07) is 0. The monoisotopic (exact) mass is 330 g/mol. The fraction of sp³-hybridized carbons (Fsp3) is 0.810. The van der Waals surface area contributed by atoms with Crippen LogP contribution < -0.4 is 0 Å². The molecule has 0 radical (unpaired) electrons. The van der Waals surface area contributed by atoms with Crippen LogP contribution in [0.3, 0.4) is 0 Å². The maximum absolute atomic E-state index is 12.7. The summed E-state index contributed by atoms with van der Waals surface area (Å²) in [7, 11) is 0. The number of hydrogen-bond donors (Lipinski definition) is 1. The average Bonchev–Trinajstić information content (AvgIpc) is 2.85. The molecule has 3 heteroatoms. The van der Waals surface area contributed by atoms with E-state index in [-0.39, 0.29) is 23.2 Å². The average molecular weight is 330 g/mol. The van der Waals surface area contributed by atoms with Crippen LogP contribution in [0.15, 0.2) is 11.6 Å². The smallest absolute Gasteiger partial charge is 0.155 e. The van der Waals surface area contributed by atoms with Gasteiger partial charge in [0, 0.05) is 23.7 Å². The molecule has 3 nitrogen and oxygen atoms in total. The zero-order chi connectivity index (χ0) is 17.1. The Morgan fingerprint density at radius 2 is 2.00 bits per heavy atom. The van der Waals surface area contributed by atoms with Crippen molar-refractivity contribution in [1.82, 2.24) is 0 Å². The quantitative estimate of drug-likeness (QED) is 0.840. The summed E-state index contributed by atoms with van der Waals surface area (Å²) in [5, 5.41) is 10.4. The second-order valence-electron chi connectivity index (χ2n) is 9.04. The first-order chi connectivity index (χ1) is 11.5. The lowest BCUT2D eigenvalue weighted by Gasteiger charge is -2.58. The summed E-state index contributed by atoms with van der Waals surface area (Å²) in [6.07, 6.45) is 9.11. The predicted molar refractivity (Wildman–Crippen MR) is 92.3 cm³/mol. The number of ketones is 2. The molecule has 4 aliphatic carbocycles. The largest absolute Gasteiger partial charge is 0.395 e. The van der Waals surface area contributed by atoms with E-state index in [0.29, 0.717) is 35.9 Å². The summed E-state index contributed by atoms with van der Waals surface area (Å²) in [6.45, 7) is 4.61. The molecule has 0 bridgehead atoms. The second-order valence-corrected chi connectivity index (χ2v) is 9.04. The third-order valence-corrected chi connectivity index (χ3v) is 8.34. The van der Waals surface area contributed by atoms with E-state index in [9.17, 15) is 14.7 Å².